The molecule has 0 saturated heterocycles. The SMILES string of the molecule is C1=NC(c2ccc3ccccc3c2)=NC(c2ccc(-c3ccc4ccccc4c3)cc2)N1. The first-order chi connectivity index (χ1) is 15.8. The Balaban J connectivity index is 1.29. The van der Waals surface area contributed by atoms with Gasteiger partial charge in [-0.1, -0.05) is 97.1 Å². The summed E-state index contributed by atoms with van der Waals surface area (Å²) in [6.45, 7) is 0. The summed E-state index contributed by atoms with van der Waals surface area (Å²) in [5, 5.41) is 8.20. The molecule has 6 rings (SSSR count). The molecule has 0 fully saturated rings. The lowest BCUT2D eigenvalue weighted by Crippen LogP contribution is -2.24. The molecule has 5 aromatic rings. The van der Waals surface area contributed by atoms with Crippen LogP contribution in [-0.2, 0) is 0 Å². The van der Waals surface area contributed by atoms with Gasteiger partial charge >= 0.3 is 0 Å². The molecular formula is C29H21N3. The maximum atomic E-state index is 4.88. The third-order valence-electron chi connectivity index (χ3n) is 5.99. The number of nitrogens with one attached hydrogen (secondary N) is 1. The van der Waals surface area contributed by atoms with Gasteiger partial charge in [0.25, 0.3) is 0 Å². The molecule has 5 aromatic carbocycles. The van der Waals surface area contributed by atoms with E-state index in [1.54, 1.807) is 6.34 Å². The predicted molar refractivity (Wildman–Crippen MR) is 134 cm³/mol. The summed E-state index contributed by atoms with van der Waals surface area (Å²) in [6, 6.07) is 38.4. The Hall–Kier alpha value is -4.24. The van der Waals surface area contributed by atoms with Crippen molar-refractivity contribution < 1.29 is 0 Å². The fraction of sp³-hybridized carbons (Fsp3) is 0.0345. The van der Waals surface area contributed by atoms with E-state index in [9.17, 15) is 0 Å². The maximum absolute atomic E-state index is 4.88. The van der Waals surface area contributed by atoms with Gasteiger partial charge in [-0.15, -0.1) is 0 Å². The van der Waals surface area contributed by atoms with Crippen LogP contribution in [0.3, 0.4) is 0 Å². The molecule has 0 amide bonds. The molecule has 0 bridgehead atoms. The fourth-order valence-corrected chi connectivity index (χ4v) is 4.24. The number of rotatable bonds is 3. The number of fused-ring (bicyclic) bond motifs is 2. The van der Waals surface area contributed by atoms with Gasteiger partial charge in [-0.2, -0.15) is 0 Å². The highest BCUT2D eigenvalue weighted by atomic mass is 15.2. The van der Waals surface area contributed by atoms with E-state index >= 15 is 0 Å². The van der Waals surface area contributed by atoms with E-state index in [4.69, 9.17) is 4.99 Å². The molecule has 0 spiro atoms. The minimum absolute atomic E-state index is 0.153. The maximum Gasteiger partial charge on any atom is 0.158 e. The van der Waals surface area contributed by atoms with Crippen LogP contribution in [0.4, 0.5) is 0 Å². The Kier molecular flexibility index (Phi) is 4.51. The van der Waals surface area contributed by atoms with Crippen LogP contribution >= 0.6 is 0 Å². The van der Waals surface area contributed by atoms with Crippen molar-refractivity contribution in [1.82, 2.24) is 5.32 Å². The quantitative estimate of drug-likeness (QED) is 0.351. The van der Waals surface area contributed by atoms with Crippen molar-refractivity contribution in [3.63, 3.8) is 0 Å². The normalized spacial score (nSPS) is 15.5. The molecular weight excluding hydrogens is 390 g/mol. The molecule has 0 aliphatic carbocycles. The number of benzene rings is 5. The standard InChI is InChI=1S/C29H21N3/c1-3-7-24-17-26(15-11-20(24)5-1)22-9-13-23(14-10-22)28-30-19-31-29(32-28)27-16-12-21-6-2-4-8-25(21)18-27/h1-19,28H,(H,30,31,32). The number of hydrogen-bond acceptors (Lipinski definition) is 3. The largest absolute Gasteiger partial charge is 0.351 e. The summed E-state index contributed by atoms with van der Waals surface area (Å²) < 4.78 is 0. The molecule has 1 aliphatic rings. The monoisotopic (exact) mass is 411 g/mol. The predicted octanol–water partition coefficient (Wildman–Crippen LogP) is 6.74. The minimum atomic E-state index is -0.153. The lowest BCUT2D eigenvalue weighted by molar-refractivity contribution is 0.684. The zero-order valence-corrected chi connectivity index (χ0v) is 17.4. The molecule has 1 atom stereocenters. The molecule has 0 radical (unpaired) electrons. The van der Waals surface area contributed by atoms with Crippen molar-refractivity contribution in [1.29, 1.82) is 0 Å². The highest BCUT2D eigenvalue weighted by Crippen LogP contribution is 2.27. The van der Waals surface area contributed by atoms with Gasteiger partial charge in [-0.05, 0) is 50.4 Å². The first-order valence-electron chi connectivity index (χ1n) is 10.8. The average Bonchev–Trinajstić information content (AvgIpc) is 2.88. The Morgan fingerprint density at radius 3 is 1.78 bits per heavy atom. The van der Waals surface area contributed by atoms with Crippen LogP contribution in [0, 0.1) is 0 Å². The van der Waals surface area contributed by atoms with Gasteiger partial charge in [0.2, 0.25) is 0 Å². The van der Waals surface area contributed by atoms with Crippen molar-refractivity contribution in [2.24, 2.45) is 9.98 Å². The Morgan fingerprint density at radius 2 is 1.09 bits per heavy atom. The smallest absolute Gasteiger partial charge is 0.158 e. The van der Waals surface area contributed by atoms with E-state index in [0.717, 1.165) is 17.0 Å². The van der Waals surface area contributed by atoms with Crippen molar-refractivity contribution in [2.45, 2.75) is 6.17 Å². The zero-order chi connectivity index (χ0) is 21.3. The zero-order valence-electron chi connectivity index (χ0n) is 17.4. The lowest BCUT2D eigenvalue weighted by atomic mass is 10.00. The second kappa shape index (κ2) is 7.78. The topological polar surface area (TPSA) is 36.8 Å². The van der Waals surface area contributed by atoms with Crippen LogP contribution < -0.4 is 5.32 Å². The van der Waals surface area contributed by atoms with Crippen LogP contribution in [0.2, 0.25) is 0 Å². The third kappa shape index (κ3) is 3.44. The molecule has 3 heteroatoms. The minimum Gasteiger partial charge on any atom is -0.351 e. The van der Waals surface area contributed by atoms with Gasteiger partial charge < -0.3 is 5.32 Å². The summed E-state index contributed by atoms with van der Waals surface area (Å²) in [7, 11) is 0. The lowest BCUT2D eigenvalue weighted by Gasteiger charge is -2.18. The van der Waals surface area contributed by atoms with Gasteiger partial charge in [-0.25, -0.2) is 9.98 Å². The Labute approximate surface area is 186 Å². The molecule has 0 aromatic heterocycles. The van der Waals surface area contributed by atoms with E-state index in [1.807, 2.05) is 0 Å². The summed E-state index contributed by atoms with van der Waals surface area (Å²) >= 11 is 0. The first-order valence-corrected chi connectivity index (χ1v) is 10.8. The summed E-state index contributed by atoms with van der Waals surface area (Å²) in [5.74, 6) is 0.748. The summed E-state index contributed by atoms with van der Waals surface area (Å²) in [4.78, 5) is 9.37. The number of hydrogen-bond donors (Lipinski definition) is 1. The second-order valence-corrected chi connectivity index (χ2v) is 8.03. The molecule has 3 nitrogen and oxygen atoms in total. The van der Waals surface area contributed by atoms with Crippen LogP contribution in [0.25, 0.3) is 32.7 Å². The van der Waals surface area contributed by atoms with Gasteiger partial charge in [0.05, 0.1) is 6.34 Å². The average molecular weight is 412 g/mol. The number of amidine groups is 1. The number of aliphatic imine (C=N–C) groups is 2. The number of nitrogens with zero attached hydrogens (tertiary/aromatic N) is 2. The van der Waals surface area contributed by atoms with Crippen LogP contribution in [0.1, 0.15) is 17.3 Å². The Bertz CT molecular complexity index is 1500. The van der Waals surface area contributed by atoms with E-state index in [2.05, 4.69) is 120 Å². The summed E-state index contributed by atoms with van der Waals surface area (Å²) in [6.07, 6.45) is 1.60. The van der Waals surface area contributed by atoms with Crippen LogP contribution in [0.15, 0.2) is 119 Å². The highest BCUT2D eigenvalue weighted by molar-refractivity contribution is 6.06. The van der Waals surface area contributed by atoms with Crippen LogP contribution in [0.5, 0.6) is 0 Å². The molecule has 152 valence electrons. The highest BCUT2D eigenvalue weighted by Gasteiger charge is 2.15. The first kappa shape index (κ1) is 18.5. The van der Waals surface area contributed by atoms with Crippen molar-refractivity contribution in [3.8, 4) is 11.1 Å². The van der Waals surface area contributed by atoms with Gasteiger partial charge in [0, 0.05) is 5.56 Å². The van der Waals surface area contributed by atoms with E-state index < -0.39 is 0 Å². The van der Waals surface area contributed by atoms with Gasteiger partial charge in [0.15, 0.2) is 5.84 Å². The van der Waals surface area contributed by atoms with Gasteiger partial charge in [0.1, 0.15) is 6.17 Å². The van der Waals surface area contributed by atoms with Crippen molar-refractivity contribution in [3.05, 3.63) is 120 Å². The van der Waals surface area contributed by atoms with E-state index in [1.165, 1.54) is 32.7 Å². The van der Waals surface area contributed by atoms with Crippen LogP contribution in [-0.4, -0.2) is 12.2 Å². The van der Waals surface area contributed by atoms with Gasteiger partial charge in [-0.3, -0.25) is 0 Å². The van der Waals surface area contributed by atoms with E-state index in [-0.39, 0.29) is 6.17 Å². The fourth-order valence-electron chi connectivity index (χ4n) is 4.24. The molecule has 0 saturated carbocycles. The second-order valence-electron chi connectivity index (χ2n) is 8.03. The molecule has 1 aliphatic heterocycles. The molecule has 1 N–H and O–H groups in total. The van der Waals surface area contributed by atoms with Crippen molar-refractivity contribution in [2.75, 3.05) is 0 Å². The Morgan fingerprint density at radius 1 is 0.531 bits per heavy atom. The molecule has 1 unspecified atom stereocenters. The summed E-state index contributed by atoms with van der Waals surface area (Å²) in [5.41, 5.74) is 4.55. The molecule has 32 heavy (non-hydrogen) atoms. The van der Waals surface area contributed by atoms with Crippen molar-refractivity contribution >= 4 is 33.7 Å². The third-order valence-corrected chi connectivity index (χ3v) is 5.99. The van der Waals surface area contributed by atoms with E-state index in [0.29, 0.717) is 0 Å². The molecule has 1 heterocycles.